The summed E-state index contributed by atoms with van der Waals surface area (Å²) in [6.45, 7) is 8.40. The Morgan fingerprint density at radius 1 is 0.735 bits per heavy atom. The summed E-state index contributed by atoms with van der Waals surface area (Å²) in [5, 5.41) is 0. The van der Waals surface area contributed by atoms with Crippen molar-refractivity contribution < 1.29 is 9.31 Å². The lowest BCUT2D eigenvalue weighted by molar-refractivity contribution is 0.00578. The van der Waals surface area contributed by atoms with Crippen LogP contribution in [0.3, 0.4) is 0 Å². The van der Waals surface area contributed by atoms with E-state index in [-0.39, 0.29) is 18.3 Å². The van der Waals surface area contributed by atoms with E-state index in [9.17, 15) is 0 Å². The fourth-order valence-corrected chi connectivity index (χ4v) is 4.82. The zero-order chi connectivity index (χ0) is 24.8. The van der Waals surface area contributed by atoms with Gasteiger partial charge < -0.3 is 9.31 Å². The lowest BCUT2D eigenvalue weighted by Crippen LogP contribution is -2.41. The maximum Gasteiger partial charge on any atom is 0.490 e. The SMILES string of the molecule is Brc1ccc(C2=CCCC2)cc1.Brc1ccc(I)cc1.CC1(C)OB(C2=CCCC2)OC1(C)C. The molecule has 0 saturated carbocycles. The highest BCUT2D eigenvalue weighted by atomic mass is 127. The van der Waals surface area contributed by atoms with E-state index in [1.807, 2.05) is 12.1 Å². The topological polar surface area (TPSA) is 18.5 Å². The van der Waals surface area contributed by atoms with Crippen LogP contribution in [0.25, 0.3) is 5.57 Å². The molecule has 0 bridgehead atoms. The Kier molecular flexibility index (Phi) is 10.5. The van der Waals surface area contributed by atoms with E-state index in [1.165, 1.54) is 52.3 Å². The average molecular weight is 700 g/mol. The van der Waals surface area contributed by atoms with Crippen molar-refractivity contribution in [1.29, 1.82) is 0 Å². The van der Waals surface area contributed by atoms with Crippen LogP contribution in [0.15, 0.2) is 75.1 Å². The molecule has 1 fully saturated rings. The van der Waals surface area contributed by atoms with Gasteiger partial charge in [-0.25, -0.2) is 0 Å². The number of hydrogen-bond acceptors (Lipinski definition) is 2. The van der Waals surface area contributed by atoms with E-state index in [0.717, 1.165) is 15.4 Å². The van der Waals surface area contributed by atoms with E-state index >= 15 is 0 Å². The van der Waals surface area contributed by atoms with Crippen molar-refractivity contribution in [3.8, 4) is 0 Å². The fraction of sp³-hybridized carbons (Fsp3) is 0.429. The first kappa shape index (κ1) is 28.2. The predicted molar refractivity (Wildman–Crippen MR) is 161 cm³/mol. The molecule has 2 aromatic rings. The van der Waals surface area contributed by atoms with Crippen molar-refractivity contribution >= 4 is 67.1 Å². The van der Waals surface area contributed by atoms with Crippen LogP contribution in [0.5, 0.6) is 0 Å². The zero-order valence-corrected chi connectivity index (χ0v) is 25.9. The molecule has 0 amide bonds. The monoisotopic (exact) mass is 698 g/mol. The second-order valence-corrected chi connectivity index (χ2v) is 12.9. The van der Waals surface area contributed by atoms with Gasteiger partial charge in [0.2, 0.25) is 0 Å². The molecular formula is C28H34BBr2IO2. The molecule has 2 aromatic carbocycles. The van der Waals surface area contributed by atoms with Crippen molar-refractivity contribution in [1.82, 2.24) is 0 Å². The molecule has 34 heavy (non-hydrogen) atoms. The van der Waals surface area contributed by atoms with Gasteiger partial charge in [-0.3, -0.25) is 0 Å². The Labute approximate surface area is 236 Å². The molecule has 0 atom stereocenters. The van der Waals surface area contributed by atoms with Crippen molar-refractivity contribution in [2.24, 2.45) is 0 Å². The van der Waals surface area contributed by atoms with Crippen molar-refractivity contribution in [3.63, 3.8) is 0 Å². The normalized spacial score (nSPS) is 20.0. The summed E-state index contributed by atoms with van der Waals surface area (Å²) in [5.74, 6) is 0. The second kappa shape index (κ2) is 12.7. The molecule has 0 unspecified atom stereocenters. The van der Waals surface area contributed by atoms with Gasteiger partial charge in [0.05, 0.1) is 11.2 Å². The van der Waals surface area contributed by atoms with Gasteiger partial charge in [0.15, 0.2) is 0 Å². The molecule has 0 N–H and O–H groups in total. The van der Waals surface area contributed by atoms with Crippen LogP contribution in [0.2, 0.25) is 0 Å². The van der Waals surface area contributed by atoms with Gasteiger partial charge in [-0.2, -0.15) is 0 Å². The summed E-state index contributed by atoms with van der Waals surface area (Å²) in [6.07, 6.45) is 12.0. The van der Waals surface area contributed by atoms with E-state index in [1.54, 1.807) is 0 Å². The molecule has 0 aromatic heterocycles. The van der Waals surface area contributed by atoms with Gasteiger partial charge in [0.25, 0.3) is 0 Å². The maximum absolute atomic E-state index is 5.96. The Bertz CT molecular complexity index is 961. The Hall–Kier alpha value is -0.405. The minimum Gasteiger partial charge on any atom is -0.400 e. The molecule has 1 saturated heterocycles. The van der Waals surface area contributed by atoms with E-state index in [2.05, 4.69) is 131 Å². The van der Waals surface area contributed by atoms with Crippen LogP contribution >= 0.6 is 54.5 Å². The van der Waals surface area contributed by atoms with Gasteiger partial charge in [0, 0.05) is 12.5 Å². The summed E-state index contributed by atoms with van der Waals surface area (Å²) in [7, 11) is -0.0949. The highest BCUT2D eigenvalue weighted by Gasteiger charge is 2.52. The Balaban J connectivity index is 0.000000148. The van der Waals surface area contributed by atoms with E-state index in [4.69, 9.17) is 9.31 Å². The molecule has 1 heterocycles. The molecule has 2 nitrogen and oxygen atoms in total. The number of halogens is 3. The quantitative estimate of drug-likeness (QED) is 0.230. The van der Waals surface area contributed by atoms with Gasteiger partial charge >= 0.3 is 7.12 Å². The lowest BCUT2D eigenvalue weighted by atomic mass is 9.78. The standard InChI is InChI=1S/C11H19BO2.C11H11Br.C6H4BrI/c1-10(2)11(3,4)14-12(13-10)9-7-5-6-8-9;12-11-7-5-10(6-8-11)9-3-1-2-4-9;7-5-1-3-6(8)4-2-5/h7H,5-6,8H2,1-4H3;3,5-8H,1-2,4H2;1-4H. The Morgan fingerprint density at radius 3 is 1.68 bits per heavy atom. The number of rotatable bonds is 2. The lowest BCUT2D eigenvalue weighted by Gasteiger charge is -2.32. The molecule has 0 radical (unpaired) electrons. The molecule has 0 spiro atoms. The Morgan fingerprint density at radius 2 is 1.24 bits per heavy atom. The molecule has 5 rings (SSSR count). The summed E-state index contributed by atoms with van der Waals surface area (Å²) in [6, 6.07) is 16.8. The largest absolute Gasteiger partial charge is 0.490 e. The number of hydrogen-bond donors (Lipinski definition) is 0. The minimum absolute atomic E-state index is 0.0949. The molecule has 2 aliphatic carbocycles. The first-order valence-electron chi connectivity index (χ1n) is 12.0. The summed E-state index contributed by atoms with van der Waals surface area (Å²) >= 11 is 9.05. The maximum atomic E-state index is 5.96. The van der Waals surface area contributed by atoms with Crippen LogP contribution in [0.4, 0.5) is 0 Å². The molecule has 3 aliphatic rings. The minimum atomic E-state index is -0.193. The highest BCUT2D eigenvalue weighted by Crippen LogP contribution is 2.40. The van der Waals surface area contributed by atoms with Gasteiger partial charge in [0.1, 0.15) is 0 Å². The zero-order valence-electron chi connectivity index (χ0n) is 20.5. The first-order valence-corrected chi connectivity index (χ1v) is 14.6. The van der Waals surface area contributed by atoms with Crippen LogP contribution in [0.1, 0.15) is 71.8 Å². The van der Waals surface area contributed by atoms with Crippen LogP contribution in [-0.2, 0) is 9.31 Å². The molecule has 182 valence electrons. The summed E-state index contributed by atoms with van der Waals surface area (Å²) in [5.41, 5.74) is 3.85. The van der Waals surface area contributed by atoms with Crippen molar-refractivity contribution in [2.45, 2.75) is 77.4 Å². The van der Waals surface area contributed by atoms with Gasteiger partial charge in [-0.1, -0.05) is 56.1 Å². The van der Waals surface area contributed by atoms with Crippen molar-refractivity contribution in [2.75, 3.05) is 0 Å². The third-order valence-electron chi connectivity index (χ3n) is 6.69. The van der Waals surface area contributed by atoms with Gasteiger partial charge in [-0.05, 0) is 142 Å². The summed E-state index contributed by atoms with van der Waals surface area (Å²) < 4.78 is 15.5. The third-order valence-corrected chi connectivity index (χ3v) is 8.47. The molecule has 6 heteroatoms. The van der Waals surface area contributed by atoms with E-state index in [0.29, 0.717) is 0 Å². The van der Waals surface area contributed by atoms with E-state index < -0.39 is 0 Å². The van der Waals surface area contributed by atoms with Gasteiger partial charge in [-0.15, -0.1) is 0 Å². The highest BCUT2D eigenvalue weighted by molar-refractivity contribution is 14.1. The second-order valence-electron chi connectivity index (χ2n) is 9.82. The smallest absolute Gasteiger partial charge is 0.400 e. The van der Waals surface area contributed by atoms with Crippen LogP contribution in [0, 0.1) is 3.57 Å². The number of benzene rings is 2. The molecule has 1 aliphatic heterocycles. The summed E-state index contributed by atoms with van der Waals surface area (Å²) in [4.78, 5) is 0. The van der Waals surface area contributed by atoms with Crippen LogP contribution in [-0.4, -0.2) is 18.3 Å². The predicted octanol–water partition coefficient (Wildman–Crippen LogP) is 9.80. The van der Waals surface area contributed by atoms with Crippen molar-refractivity contribution in [3.05, 3.63) is 84.2 Å². The fourth-order valence-electron chi connectivity index (χ4n) is 3.93. The molecular weight excluding hydrogens is 666 g/mol. The van der Waals surface area contributed by atoms with Crippen LogP contribution < -0.4 is 0 Å². The first-order chi connectivity index (χ1) is 16.1. The number of allylic oxidation sites excluding steroid dienone is 4. The average Bonchev–Trinajstić information content (AvgIpc) is 3.54. The third kappa shape index (κ3) is 8.05.